The molecule has 0 spiro atoms. The van der Waals surface area contributed by atoms with E-state index in [4.69, 9.17) is 4.84 Å². The van der Waals surface area contributed by atoms with Gasteiger partial charge >= 0.3 is 6.18 Å². The van der Waals surface area contributed by atoms with E-state index < -0.39 is 41.3 Å². The number of hydrogen-bond acceptors (Lipinski definition) is 5. The Balaban J connectivity index is 1.72. The average Bonchev–Trinajstić information content (AvgIpc) is 3.29. The molecule has 3 aromatic rings. The van der Waals surface area contributed by atoms with Crippen molar-refractivity contribution in [3.8, 4) is 0 Å². The van der Waals surface area contributed by atoms with Crippen molar-refractivity contribution in [2.45, 2.75) is 18.2 Å². The van der Waals surface area contributed by atoms with Crippen molar-refractivity contribution >= 4 is 28.6 Å². The molecule has 0 saturated carbocycles. The molecule has 1 N–H and O–H groups in total. The van der Waals surface area contributed by atoms with Crippen molar-refractivity contribution in [2.24, 2.45) is 10.3 Å². The molecule has 0 saturated heterocycles. The predicted octanol–water partition coefficient (Wildman–Crippen LogP) is 5.06. The fourth-order valence-corrected chi connectivity index (χ4v) is 3.89. The van der Waals surface area contributed by atoms with Crippen molar-refractivity contribution in [3.05, 3.63) is 82.9 Å². The van der Waals surface area contributed by atoms with Crippen LogP contribution in [0.3, 0.4) is 0 Å². The minimum Gasteiger partial charge on any atom is -0.399 e. The standard InChI is InChI=1S/C24H18F5N3O3/c1-34-31-11-10-30-22(33)18-8-7-17(15-4-2-3-5-16(15)18)21-13-23(35-32-21,24(27,28)29)14-6-9-19(25)20(26)12-14/h2-9,11-12H,10,13H2,1H3,(H,30,33)/b31-11-. The second-order valence-corrected chi connectivity index (χ2v) is 7.65. The number of benzene rings is 3. The molecule has 1 amide bonds. The summed E-state index contributed by atoms with van der Waals surface area (Å²) in [5.41, 5.74) is -3.05. The van der Waals surface area contributed by atoms with Crippen LogP contribution in [0, 0.1) is 11.6 Å². The molecule has 35 heavy (non-hydrogen) atoms. The fraction of sp³-hybridized carbons (Fsp3) is 0.208. The lowest BCUT2D eigenvalue weighted by Crippen LogP contribution is -2.42. The van der Waals surface area contributed by atoms with Crippen molar-refractivity contribution in [1.29, 1.82) is 0 Å². The van der Waals surface area contributed by atoms with Gasteiger partial charge in [0, 0.05) is 23.1 Å². The van der Waals surface area contributed by atoms with Gasteiger partial charge in [-0.15, -0.1) is 0 Å². The van der Waals surface area contributed by atoms with Gasteiger partial charge in [0.05, 0.1) is 18.5 Å². The van der Waals surface area contributed by atoms with Gasteiger partial charge in [-0.1, -0.05) is 46.7 Å². The molecule has 0 aliphatic carbocycles. The Hall–Kier alpha value is -4.02. The van der Waals surface area contributed by atoms with Crippen LogP contribution >= 0.6 is 0 Å². The maximum absolute atomic E-state index is 14.2. The van der Waals surface area contributed by atoms with Gasteiger partial charge < -0.3 is 15.0 Å². The first-order valence-corrected chi connectivity index (χ1v) is 10.3. The molecule has 3 aromatic carbocycles. The van der Waals surface area contributed by atoms with Crippen molar-refractivity contribution in [3.63, 3.8) is 0 Å². The maximum atomic E-state index is 14.2. The van der Waals surface area contributed by atoms with Crippen LogP contribution < -0.4 is 5.32 Å². The van der Waals surface area contributed by atoms with E-state index in [9.17, 15) is 26.7 Å². The lowest BCUT2D eigenvalue weighted by atomic mass is 9.85. The van der Waals surface area contributed by atoms with Crippen LogP contribution in [0.4, 0.5) is 22.0 Å². The molecule has 4 rings (SSSR count). The quantitative estimate of drug-likeness (QED) is 0.298. The number of oxime groups is 2. The highest BCUT2D eigenvalue weighted by molar-refractivity contribution is 6.16. The molecular weight excluding hydrogens is 473 g/mol. The second kappa shape index (κ2) is 9.32. The summed E-state index contributed by atoms with van der Waals surface area (Å²) in [7, 11) is 1.36. The van der Waals surface area contributed by atoms with E-state index in [-0.39, 0.29) is 17.8 Å². The molecule has 1 unspecified atom stereocenters. The predicted molar refractivity (Wildman–Crippen MR) is 118 cm³/mol. The van der Waals surface area contributed by atoms with Crippen molar-refractivity contribution in [1.82, 2.24) is 5.32 Å². The van der Waals surface area contributed by atoms with Crippen LogP contribution in [0.5, 0.6) is 0 Å². The van der Waals surface area contributed by atoms with E-state index >= 15 is 0 Å². The van der Waals surface area contributed by atoms with Gasteiger partial charge in [-0.2, -0.15) is 13.2 Å². The summed E-state index contributed by atoms with van der Waals surface area (Å²) in [5.74, 6) is -3.13. The molecule has 1 atom stereocenters. The minimum atomic E-state index is -4.98. The summed E-state index contributed by atoms with van der Waals surface area (Å²) in [6, 6.07) is 11.5. The molecule has 6 nitrogen and oxygen atoms in total. The topological polar surface area (TPSA) is 72.3 Å². The van der Waals surface area contributed by atoms with E-state index in [0.717, 1.165) is 6.07 Å². The number of hydrogen-bond donors (Lipinski definition) is 1. The Morgan fingerprint density at radius 2 is 1.89 bits per heavy atom. The minimum absolute atomic E-state index is 0.0533. The monoisotopic (exact) mass is 491 g/mol. The lowest BCUT2D eigenvalue weighted by Gasteiger charge is -2.29. The Bertz CT molecular complexity index is 1340. The zero-order valence-corrected chi connectivity index (χ0v) is 18.2. The molecule has 11 heteroatoms. The summed E-state index contributed by atoms with van der Waals surface area (Å²) in [5, 5.41) is 10.8. The van der Waals surface area contributed by atoms with Gasteiger partial charge in [-0.3, -0.25) is 4.79 Å². The van der Waals surface area contributed by atoms with Crippen LogP contribution in [0.15, 0.2) is 64.9 Å². The van der Waals surface area contributed by atoms with Crippen LogP contribution in [-0.4, -0.2) is 37.7 Å². The van der Waals surface area contributed by atoms with Gasteiger partial charge in [0.25, 0.3) is 11.5 Å². The highest BCUT2D eigenvalue weighted by atomic mass is 19.4. The van der Waals surface area contributed by atoms with E-state index in [0.29, 0.717) is 28.5 Å². The van der Waals surface area contributed by atoms with E-state index in [2.05, 4.69) is 20.5 Å². The molecule has 0 fully saturated rings. The number of carbonyl (C=O) groups excluding carboxylic acids is 1. The maximum Gasteiger partial charge on any atom is 0.435 e. The first kappa shape index (κ1) is 24.1. The molecular formula is C24H18F5N3O3. The number of carbonyl (C=O) groups is 1. The van der Waals surface area contributed by atoms with E-state index in [1.165, 1.54) is 25.5 Å². The summed E-state index contributed by atoms with van der Waals surface area (Å²) >= 11 is 0. The smallest absolute Gasteiger partial charge is 0.399 e. The highest BCUT2D eigenvalue weighted by Crippen LogP contribution is 2.49. The van der Waals surface area contributed by atoms with Crippen molar-refractivity contribution < 1.29 is 36.4 Å². The van der Waals surface area contributed by atoms with Gasteiger partial charge in [-0.25, -0.2) is 8.78 Å². The summed E-state index contributed by atoms with van der Waals surface area (Å²) in [6.45, 7) is 0.103. The summed E-state index contributed by atoms with van der Waals surface area (Å²) in [6.07, 6.45) is -4.40. The second-order valence-electron chi connectivity index (χ2n) is 7.65. The number of amides is 1. The molecule has 1 heterocycles. The molecule has 182 valence electrons. The Kier molecular flexibility index (Phi) is 6.42. The number of rotatable bonds is 6. The third-order valence-corrected chi connectivity index (χ3v) is 5.59. The van der Waals surface area contributed by atoms with Gasteiger partial charge in [0.15, 0.2) is 11.6 Å². The Labute approximate surface area is 196 Å². The summed E-state index contributed by atoms with van der Waals surface area (Å²) in [4.78, 5) is 22.1. The number of fused-ring (bicyclic) bond motifs is 1. The molecule has 0 radical (unpaired) electrons. The number of halogens is 5. The zero-order chi connectivity index (χ0) is 25.2. The third kappa shape index (κ3) is 4.41. The molecule has 0 bridgehead atoms. The summed E-state index contributed by atoms with van der Waals surface area (Å²) < 4.78 is 69.7. The number of alkyl halides is 3. The molecule has 1 aliphatic rings. The van der Waals surface area contributed by atoms with Gasteiger partial charge in [-0.05, 0) is 29.0 Å². The van der Waals surface area contributed by atoms with Gasteiger partial charge in [0.2, 0.25) is 0 Å². The van der Waals surface area contributed by atoms with Crippen molar-refractivity contribution in [2.75, 3.05) is 13.7 Å². The largest absolute Gasteiger partial charge is 0.435 e. The van der Waals surface area contributed by atoms with Crippen LogP contribution in [0.2, 0.25) is 0 Å². The Morgan fingerprint density at radius 1 is 1.14 bits per heavy atom. The Morgan fingerprint density at radius 3 is 2.57 bits per heavy atom. The van der Waals surface area contributed by atoms with Crippen LogP contribution in [0.25, 0.3) is 10.8 Å². The normalized spacial score (nSPS) is 17.9. The fourth-order valence-electron chi connectivity index (χ4n) is 3.89. The van der Waals surface area contributed by atoms with Crippen LogP contribution in [0.1, 0.15) is 27.9 Å². The van der Waals surface area contributed by atoms with E-state index in [1.807, 2.05) is 0 Å². The SMILES string of the molecule is CO/N=C\CNC(=O)c1ccc(C2=NOC(c3ccc(F)c(F)c3)(C(F)(F)F)C2)c2ccccc12. The number of nitrogens with zero attached hydrogens (tertiary/aromatic N) is 2. The molecule has 0 aromatic heterocycles. The van der Waals surface area contributed by atoms with Crippen LogP contribution in [-0.2, 0) is 15.3 Å². The van der Waals surface area contributed by atoms with E-state index in [1.54, 1.807) is 24.3 Å². The third-order valence-electron chi connectivity index (χ3n) is 5.59. The first-order valence-electron chi connectivity index (χ1n) is 10.3. The average molecular weight is 491 g/mol. The zero-order valence-electron chi connectivity index (χ0n) is 18.2. The first-order chi connectivity index (χ1) is 16.7. The highest BCUT2D eigenvalue weighted by Gasteiger charge is 2.62. The molecule has 1 aliphatic heterocycles. The van der Waals surface area contributed by atoms with Gasteiger partial charge in [0.1, 0.15) is 7.11 Å². The lowest BCUT2D eigenvalue weighted by molar-refractivity contribution is -0.276. The number of nitrogens with one attached hydrogen (secondary N) is 1.